The van der Waals surface area contributed by atoms with E-state index in [2.05, 4.69) is 20.7 Å². The van der Waals surface area contributed by atoms with Crippen LogP contribution in [0.3, 0.4) is 0 Å². The second-order valence-electron chi connectivity index (χ2n) is 5.39. The van der Waals surface area contributed by atoms with Gasteiger partial charge in [-0.25, -0.2) is 4.99 Å². The summed E-state index contributed by atoms with van der Waals surface area (Å²) in [7, 11) is 1.89. The van der Waals surface area contributed by atoms with E-state index in [9.17, 15) is 5.11 Å². The topological polar surface area (TPSA) is 74.5 Å². The number of nitrogens with one attached hydrogen (secondary N) is 2. The van der Waals surface area contributed by atoms with Crippen LogP contribution in [0.2, 0.25) is 0 Å². The van der Waals surface area contributed by atoms with Gasteiger partial charge in [-0.1, -0.05) is 30.3 Å². The first-order valence-electron chi connectivity index (χ1n) is 7.88. The molecule has 23 heavy (non-hydrogen) atoms. The van der Waals surface area contributed by atoms with Crippen molar-refractivity contribution in [2.24, 2.45) is 12.0 Å². The predicted molar refractivity (Wildman–Crippen MR) is 92.3 cm³/mol. The van der Waals surface area contributed by atoms with Crippen LogP contribution in [-0.2, 0) is 13.6 Å². The first-order chi connectivity index (χ1) is 11.2. The minimum Gasteiger partial charge on any atom is -0.396 e. The molecule has 0 spiro atoms. The normalized spacial score (nSPS) is 12.9. The molecule has 0 aliphatic carbocycles. The minimum absolute atomic E-state index is 0.0402. The molecule has 1 atom stereocenters. The maximum Gasteiger partial charge on any atom is 0.191 e. The van der Waals surface area contributed by atoms with Gasteiger partial charge in [0.2, 0.25) is 0 Å². The number of guanidine groups is 1. The number of hydrogen-bond acceptors (Lipinski definition) is 3. The third-order valence-electron chi connectivity index (χ3n) is 3.53. The molecule has 0 bridgehead atoms. The van der Waals surface area contributed by atoms with Crippen LogP contribution in [0, 0.1) is 0 Å². The summed E-state index contributed by atoms with van der Waals surface area (Å²) >= 11 is 0. The molecule has 6 nitrogen and oxygen atoms in total. The Bertz CT molecular complexity index is 608. The molecule has 6 heteroatoms. The van der Waals surface area contributed by atoms with Gasteiger partial charge in [0.1, 0.15) is 0 Å². The van der Waals surface area contributed by atoms with Crippen molar-refractivity contribution in [1.29, 1.82) is 0 Å². The van der Waals surface area contributed by atoms with Gasteiger partial charge in [0.15, 0.2) is 5.96 Å². The van der Waals surface area contributed by atoms with Crippen molar-refractivity contribution < 1.29 is 5.11 Å². The number of aryl methyl sites for hydroxylation is 1. The lowest BCUT2D eigenvalue weighted by atomic mass is 10.0. The Labute approximate surface area is 137 Å². The SMILES string of the molecule is CCNC(=NCc1cnn(C)c1)NCC(CO)c1ccccc1. The fourth-order valence-corrected chi connectivity index (χ4v) is 2.30. The standard InChI is InChI=1S/C17H25N5O/c1-3-18-17(19-9-14-10-21-22(2)12-14)20-11-16(13-23)15-7-5-4-6-8-15/h4-8,10,12,16,23H,3,9,11,13H2,1-2H3,(H2,18,19,20). The fraction of sp³-hybridized carbons (Fsp3) is 0.412. The Morgan fingerprint density at radius 3 is 2.70 bits per heavy atom. The molecule has 0 saturated heterocycles. The lowest BCUT2D eigenvalue weighted by Crippen LogP contribution is -2.39. The monoisotopic (exact) mass is 315 g/mol. The summed E-state index contributed by atoms with van der Waals surface area (Å²) in [5.41, 5.74) is 2.18. The first-order valence-corrected chi connectivity index (χ1v) is 7.88. The van der Waals surface area contributed by atoms with Crippen molar-refractivity contribution in [3.05, 3.63) is 53.9 Å². The lowest BCUT2D eigenvalue weighted by Gasteiger charge is -2.18. The van der Waals surface area contributed by atoms with Crippen molar-refractivity contribution in [3.63, 3.8) is 0 Å². The van der Waals surface area contributed by atoms with Gasteiger partial charge in [-0.2, -0.15) is 5.10 Å². The molecule has 0 aliphatic heterocycles. The van der Waals surface area contributed by atoms with E-state index >= 15 is 0 Å². The van der Waals surface area contributed by atoms with Crippen LogP contribution in [-0.4, -0.2) is 40.5 Å². The zero-order chi connectivity index (χ0) is 16.5. The third kappa shape index (κ3) is 5.41. The lowest BCUT2D eigenvalue weighted by molar-refractivity contribution is 0.265. The molecular formula is C17H25N5O. The molecular weight excluding hydrogens is 290 g/mol. The van der Waals surface area contributed by atoms with Gasteiger partial charge in [-0.15, -0.1) is 0 Å². The van der Waals surface area contributed by atoms with Gasteiger partial charge < -0.3 is 15.7 Å². The van der Waals surface area contributed by atoms with Gasteiger partial charge >= 0.3 is 0 Å². The van der Waals surface area contributed by atoms with Crippen LogP contribution in [0.25, 0.3) is 0 Å². The number of aliphatic hydroxyl groups excluding tert-OH is 1. The highest BCUT2D eigenvalue weighted by Gasteiger charge is 2.10. The van der Waals surface area contributed by atoms with Gasteiger partial charge in [-0.05, 0) is 12.5 Å². The van der Waals surface area contributed by atoms with Gasteiger partial charge in [0.25, 0.3) is 0 Å². The van der Waals surface area contributed by atoms with E-state index in [1.165, 1.54) is 0 Å². The number of benzene rings is 1. The van der Waals surface area contributed by atoms with Crippen molar-refractivity contribution in [1.82, 2.24) is 20.4 Å². The molecule has 1 heterocycles. The Kier molecular flexibility index (Phi) is 6.62. The van der Waals surface area contributed by atoms with E-state index in [0.29, 0.717) is 13.1 Å². The molecule has 1 aromatic heterocycles. The van der Waals surface area contributed by atoms with Crippen LogP contribution in [0.1, 0.15) is 24.0 Å². The van der Waals surface area contributed by atoms with Crippen molar-refractivity contribution in [2.45, 2.75) is 19.4 Å². The fourth-order valence-electron chi connectivity index (χ4n) is 2.30. The molecule has 124 valence electrons. The molecule has 2 rings (SSSR count). The van der Waals surface area contributed by atoms with Crippen molar-refractivity contribution in [2.75, 3.05) is 19.7 Å². The summed E-state index contributed by atoms with van der Waals surface area (Å²) in [6, 6.07) is 10.0. The zero-order valence-electron chi connectivity index (χ0n) is 13.7. The van der Waals surface area contributed by atoms with Gasteiger partial charge in [0.05, 0.1) is 19.3 Å². The highest BCUT2D eigenvalue weighted by molar-refractivity contribution is 5.79. The van der Waals surface area contributed by atoms with E-state index in [1.807, 2.05) is 56.7 Å². The molecule has 3 N–H and O–H groups in total. The van der Waals surface area contributed by atoms with E-state index in [0.717, 1.165) is 23.6 Å². The maximum atomic E-state index is 9.62. The number of hydrogen-bond donors (Lipinski definition) is 3. The number of aliphatic hydroxyl groups is 1. The average Bonchev–Trinajstić information content (AvgIpc) is 2.99. The van der Waals surface area contributed by atoms with E-state index in [1.54, 1.807) is 4.68 Å². The summed E-state index contributed by atoms with van der Waals surface area (Å²) < 4.78 is 1.77. The second kappa shape index (κ2) is 8.95. The number of nitrogens with zero attached hydrogens (tertiary/aromatic N) is 3. The minimum atomic E-state index is 0.0402. The number of aliphatic imine (C=N–C) groups is 1. The Morgan fingerprint density at radius 1 is 1.30 bits per heavy atom. The van der Waals surface area contributed by atoms with Crippen LogP contribution in [0.4, 0.5) is 0 Å². The van der Waals surface area contributed by atoms with Gasteiger partial charge in [0, 0.05) is 37.8 Å². The first kappa shape index (κ1) is 17.0. The Balaban J connectivity index is 1.95. The molecule has 0 saturated carbocycles. The van der Waals surface area contributed by atoms with E-state index in [-0.39, 0.29) is 12.5 Å². The summed E-state index contributed by atoms with van der Waals surface area (Å²) in [5, 5.41) is 20.3. The summed E-state index contributed by atoms with van der Waals surface area (Å²) in [6.07, 6.45) is 3.77. The molecule has 2 aromatic rings. The van der Waals surface area contributed by atoms with Crippen LogP contribution in [0.5, 0.6) is 0 Å². The largest absolute Gasteiger partial charge is 0.396 e. The second-order valence-corrected chi connectivity index (χ2v) is 5.39. The van der Waals surface area contributed by atoms with Gasteiger partial charge in [-0.3, -0.25) is 4.68 Å². The summed E-state index contributed by atoms with van der Waals surface area (Å²) in [6.45, 7) is 4.10. The third-order valence-corrected chi connectivity index (χ3v) is 3.53. The quantitative estimate of drug-likeness (QED) is 0.531. The van der Waals surface area contributed by atoms with Crippen LogP contribution >= 0.6 is 0 Å². The van der Waals surface area contributed by atoms with Crippen LogP contribution in [0.15, 0.2) is 47.7 Å². The van der Waals surface area contributed by atoms with E-state index < -0.39 is 0 Å². The highest BCUT2D eigenvalue weighted by atomic mass is 16.3. The summed E-state index contributed by atoms with van der Waals surface area (Å²) in [5.74, 6) is 0.782. The predicted octanol–water partition coefficient (Wildman–Crippen LogP) is 1.25. The molecule has 0 aliphatic rings. The molecule has 1 aromatic carbocycles. The molecule has 0 radical (unpaired) electrons. The smallest absolute Gasteiger partial charge is 0.191 e. The van der Waals surface area contributed by atoms with Crippen LogP contribution < -0.4 is 10.6 Å². The average molecular weight is 315 g/mol. The Hall–Kier alpha value is -2.34. The zero-order valence-corrected chi connectivity index (χ0v) is 13.7. The van der Waals surface area contributed by atoms with Crippen molar-refractivity contribution >= 4 is 5.96 Å². The number of aromatic nitrogens is 2. The number of rotatable bonds is 7. The molecule has 0 fully saturated rings. The molecule has 1 unspecified atom stereocenters. The Morgan fingerprint density at radius 2 is 2.09 bits per heavy atom. The maximum absolute atomic E-state index is 9.62. The van der Waals surface area contributed by atoms with Crippen molar-refractivity contribution in [3.8, 4) is 0 Å². The summed E-state index contributed by atoms with van der Waals surface area (Å²) in [4.78, 5) is 4.56. The molecule has 0 amide bonds. The van der Waals surface area contributed by atoms with E-state index in [4.69, 9.17) is 0 Å². The highest BCUT2D eigenvalue weighted by Crippen LogP contribution is 2.13.